The maximum atomic E-state index is 13.2. The van der Waals surface area contributed by atoms with Crippen molar-refractivity contribution in [3.63, 3.8) is 0 Å². The molecule has 0 unspecified atom stereocenters. The lowest BCUT2D eigenvalue weighted by Crippen LogP contribution is -2.48. The Bertz CT molecular complexity index is 1390. The number of hydrogen-bond donors (Lipinski definition) is 0. The summed E-state index contributed by atoms with van der Waals surface area (Å²) in [7, 11) is 1.85. The van der Waals surface area contributed by atoms with E-state index in [0.29, 0.717) is 30.8 Å². The van der Waals surface area contributed by atoms with Gasteiger partial charge in [-0.05, 0) is 35.4 Å². The quantitative estimate of drug-likeness (QED) is 0.429. The van der Waals surface area contributed by atoms with E-state index in [-0.39, 0.29) is 11.3 Å². The molecular formula is C29H29N3O3. The summed E-state index contributed by atoms with van der Waals surface area (Å²) < 4.78 is 7.80. The number of nitrogens with zero attached hydrogens (tertiary/aromatic N) is 3. The van der Waals surface area contributed by atoms with E-state index in [1.54, 1.807) is 6.07 Å². The summed E-state index contributed by atoms with van der Waals surface area (Å²) in [6, 6.07) is 27.2. The molecule has 35 heavy (non-hydrogen) atoms. The topological polar surface area (TPSA) is 54.8 Å². The van der Waals surface area contributed by atoms with E-state index in [1.807, 2.05) is 65.0 Å². The lowest BCUT2D eigenvalue weighted by Gasteiger charge is -2.35. The zero-order chi connectivity index (χ0) is 24.2. The summed E-state index contributed by atoms with van der Waals surface area (Å²) in [5, 5.41) is 0.631. The molecule has 1 saturated heterocycles. The van der Waals surface area contributed by atoms with E-state index in [4.69, 9.17) is 4.74 Å². The molecule has 1 aliphatic heterocycles. The van der Waals surface area contributed by atoms with Crippen molar-refractivity contribution in [2.75, 3.05) is 26.2 Å². The van der Waals surface area contributed by atoms with Crippen molar-refractivity contribution in [2.24, 2.45) is 7.05 Å². The summed E-state index contributed by atoms with van der Waals surface area (Å²) in [5.74, 6) is 0.767. The van der Waals surface area contributed by atoms with Crippen LogP contribution >= 0.6 is 0 Å². The minimum Gasteiger partial charge on any atom is -0.489 e. The number of aryl methyl sites for hydroxylation is 1. The Kier molecular flexibility index (Phi) is 6.64. The number of carbonyl (C=O) groups excluding carboxylic acids is 1. The molecule has 3 aromatic carbocycles. The summed E-state index contributed by atoms with van der Waals surface area (Å²) in [5.41, 5.74) is 3.42. The SMILES string of the molecule is Cn1c(C(=O)N2CCN(Cc3cccc(OCc4ccccc4)c3)CC2)cc(=O)c2ccccc21. The molecule has 1 aromatic heterocycles. The van der Waals surface area contributed by atoms with E-state index in [2.05, 4.69) is 29.2 Å². The van der Waals surface area contributed by atoms with Crippen LogP contribution in [0.3, 0.4) is 0 Å². The van der Waals surface area contributed by atoms with Gasteiger partial charge >= 0.3 is 0 Å². The Morgan fingerprint density at radius 3 is 2.34 bits per heavy atom. The number of carbonyl (C=O) groups is 1. The Morgan fingerprint density at radius 1 is 0.829 bits per heavy atom. The second-order valence-corrected chi connectivity index (χ2v) is 8.96. The predicted octanol–water partition coefficient (Wildman–Crippen LogP) is 4.08. The Morgan fingerprint density at radius 2 is 1.54 bits per heavy atom. The minimum atomic E-state index is -0.116. The van der Waals surface area contributed by atoms with Gasteiger partial charge in [0, 0.05) is 51.2 Å². The first-order chi connectivity index (χ1) is 17.1. The van der Waals surface area contributed by atoms with Crippen LogP contribution in [0, 0.1) is 0 Å². The van der Waals surface area contributed by atoms with E-state index < -0.39 is 0 Å². The van der Waals surface area contributed by atoms with Gasteiger partial charge in [0.1, 0.15) is 18.1 Å². The fourth-order valence-corrected chi connectivity index (χ4v) is 4.61. The van der Waals surface area contributed by atoms with Crippen molar-refractivity contribution >= 4 is 16.8 Å². The lowest BCUT2D eigenvalue weighted by atomic mass is 10.1. The van der Waals surface area contributed by atoms with Gasteiger partial charge in [0.05, 0.1) is 5.52 Å². The van der Waals surface area contributed by atoms with Crippen molar-refractivity contribution in [3.05, 3.63) is 112 Å². The van der Waals surface area contributed by atoms with Gasteiger partial charge in [0.15, 0.2) is 5.43 Å². The zero-order valence-corrected chi connectivity index (χ0v) is 19.9. The minimum absolute atomic E-state index is 0.0914. The number of benzene rings is 3. The van der Waals surface area contributed by atoms with Crippen LogP contribution in [0.4, 0.5) is 0 Å². The molecular weight excluding hydrogens is 438 g/mol. The van der Waals surface area contributed by atoms with Gasteiger partial charge in [-0.1, -0.05) is 54.6 Å². The highest BCUT2D eigenvalue weighted by Crippen LogP contribution is 2.19. The molecule has 0 radical (unpaired) electrons. The fraction of sp³-hybridized carbons (Fsp3) is 0.241. The zero-order valence-electron chi connectivity index (χ0n) is 19.9. The highest BCUT2D eigenvalue weighted by Gasteiger charge is 2.24. The maximum Gasteiger partial charge on any atom is 0.270 e. The number of rotatable bonds is 6. The third-order valence-electron chi connectivity index (χ3n) is 6.59. The highest BCUT2D eigenvalue weighted by atomic mass is 16.5. The number of fused-ring (bicyclic) bond motifs is 1. The molecule has 6 nitrogen and oxygen atoms in total. The number of para-hydroxylation sites is 1. The van der Waals surface area contributed by atoms with Crippen molar-refractivity contribution in [1.29, 1.82) is 0 Å². The van der Waals surface area contributed by atoms with Gasteiger partial charge in [-0.2, -0.15) is 0 Å². The molecule has 5 rings (SSSR count). The molecule has 0 aliphatic carbocycles. The second kappa shape index (κ2) is 10.2. The summed E-state index contributed by atoms with van der Waals surface area (Å²) in [6.45, 7) is 4.17. The molecule has 0 N–H and O–H groups in total. The molecule has 2 heterocycles. The van der Waals surface area contributed by atoms with Crippen molar-refractivity contribution < 1.29 is 9.53 Å². The van der Waals surface area contributed by atoms with Crippen molar-refractivity contribution in [1.82, 2.24) is 14.4 Å². The average Bonchev–Trinajstić information content (AvgIpc) is 2.90. The third-order valence-corrected chi connectivity index (χ3v) is 6.59. The largest absolute Gasteiger partial charge is 0.489 e. The van der Waals surface area contributed by atoms with E-state index in [9.17, 15) is 9.59 Å². The van der Waals surface area contributed by atoms with Gasteiger partial charge in [-0.3, -0.25) is 14.5 Å². The third kappa shape index (κ3) is 5.12. The first-order valence-electron chi connectivity index (χ1n) is 11.9. The van der Waals surface area contributed by atoms with E-state index >= 15 is 0 Å². The first kappa shape index (κ1) is 22.9. The summed E-state index contributed by atoms with van der Waals surface area (Å²) in [4.78, 5) is 30.0. The van der Waals surface area contributed by atoms with E-state index in [0.717, 1.165) is 36.5 Å². The standard InChI is InChI=1S/C29H29N3O3/c1-30-26-13-6-5-12-25(26)28(33)19-27(30)29(34)32-16-14-31(15-17-32)20-23-10-7-11-24(18-23)35-21-22-8-3-2-4-9-22/h2-13,18-19H,14-17,20-21H2,1H3. The first-order valence-corrected chi connectivity index (χ1v) is 11.9. The van der Waals surface area contributed by atoms with Crippen LogP contribution in [0.15, 0.2) is 89.7 Å². The van der Waals surface area contributed by atoms with Crippen LogP contribution in [-0.4, -0.2) is 46.5 Å². The molecule has 0 saturated carbocycles. The van der Waals surface area contributed by atoms with Crippen LogP contribution < -0.4 is 10.2 Å². The number of piperazine rings is 1. The molecule has 0 bridgehead atoms. The number of aromatic nitrogens is 1. The van der Waals surface area contributed by atoms with Crippen LogP contribution in [0.5, 0.6) is 5.75 Å². The number of pyridine rings is 1. The molecule has 178 valence electrons. The number of amides is 1. The van der Waals surface area contributed by atoms with Crippen molar-refractivity contribution in [2.45, 2.75) is 13.2 Å². The van der Waals surface area contributed by atoms with Crippen LogP contribution in [0.2, 0.25) is 0 Å². The van der Waals surface area contributed by atoms with Gasteiger partial charge in [0.25, 0.3) is 5.91 Å². The lowest BCUT2D eigenvalue weighted by molar-refractivity contribution is 0.0619. The normalized spacial score (nSPS) is 14.3. The van der Waals surface area contributed by atoms with Crippen LogP contribution in [0.25, 0.3) is 10.9 Å². The Labute approximate surface area is 205 Å². The van der Waals surface area contributed by atoms with Gasteiger partial charge in [0.2, 0.25) is 0 Å². The number of ether oxygens (including phenoxy) is 1. The summed E-state index contributed by atoms with van der Waals surface area (Å²) in [6.07, 6.45) is 0. The maximum absolute atomic E-state index is 13.2. The van der Waals surface area contributed by atoms with Crippen molar-refractivity contribution in [3.8, 4) is 5.75 Å². The van der Waals surface area contributed by atoms with Gasteiger partial charge < -0.3 is 14.2 Å². The molecule has 0 atom stereocenters. The molecule has 1 aliphatic rings. The Hall–Kier alpha value is -3.90. The second-order valence-electron chi connectivity index (χ2n) is 8.96. The average molecular weight is 468 g/mol. The smallest absolute Gasteiger partial charge is 0.270 e. The molecule has 6 heteroatoms. The Balaban J connectivity index is 1.20. The molecule has 1 amide bonds. The fourth-order valence-electron chi connectivity index (χ4n) is 4.61. The van der Waals surface area contributed by atoms with Gasteiger partial charge in [-0.15, -0.1) is 0 Å². The number of hydrogen-bond acceptors (Lipinski definition) is 4. The molecule has 0 spiro atoms. The monoisotopic (exact) mass is 467 g/mol. The molecule has 4 aromatic rings. The molecule has 1 fully saturated rings. The van der Waals surface area contributed by atoms with E-state index in [1.165, 1.54) is 11.6 Å². The van der Waals surface area contributed by atoms with Crippen LogP contribution in [0.1, 0.15) is 21.6 Å². The van der Waals surface area contributed by atoms with Crippen LogP contribution in [-0.2, 0) is 20.2 Å². The summed E-state index contributed by atoms with van der Waals surface area (Å²) >= 11 is 0. The van der Waals surface area contributed by atoms with Gasteiger partial charge in [-0.25, -0.2) is 0 Å². The highest BCUT2D eigenvalue weighted by molar-refractivity contribution is 5.95. The predicted molar refractivity (Wildman–Crippen MR) is 138 cm³/mol.